The average Bonchev–Trinajstić information content (AvgIpc) is 2.99. The van der Waals surface area contributed by atoms with Crippen LogP contribution in [-0.2, 0) is 20.2 Å². The van der Waals surface area contributed by atoms with Crippen LogP contribution >= 0.6 is 0 Å². The Labute approximate surface area is 253 Å². The molecule has 0 aliphatic carbocycles. The molecule has 0 spiro atoms. The van der Waals surface area contributed by atoms with E-state index in [1.165, 1.54) is 0 Å². The molecular formula is C28H20N6O9S2. The van der Waals surface area contributed by atoms with E-state index in [2.05, 4.69) is 31.3 Å². The van der Waals surface area contributed by atoms with Crippen molar-refractivity contribution in [3.63, 3.8) is 0 Å². The van der Waals surface area contributed by atoms with Crippen LogP contribution in [0.1, 0.15) is 0 Å². The van der Waals surface area contributed by atoms with E-state index >= 15 is 0 Å². The van der Waals surface area contributed by atoms with Crippen molar-refractivity contribution in [2.45, 2.75) is 9.79 Å². The lowest BCUT2D eigenvalue weighted by Crippen LogP contribution is -2.48. The quantitative estimate of drug-likeness (QED) is 0.0931. The summed E-state index contributed by atoms with van der Waals surface area (Å²) >= 11 is 0. The topological polar surface area (TPSA) is 237 Å². The fourth-order valence-corrected chi connectivity index (χ4v) is 5.11. The highest BCUT2D eigenvalue weighted by Gasteiger charge is 2.20. The van der Waals surface area contributed by atoms with Crippen molar-refractivity contribution in [1.82, 2.24) is 0 Å². The Morgan fingerprint density at radius 1 is 0.600 bits per heavy atom. The lowest BCUT2D eigenvalue weighted by atomic mass is 10.1. The van der Waals surface area contributed by atoms with E-state index in [1.807, 2.05) is 0 Å². The zero-order valence-corrected chi connectivity index (χ0v) is 24.2. The molecule has 0 radical (unpaired) electrons. The number of phenols is 1. The zero-order chi connectivity index (χ0) is 32.4. The molecule has 0 aliphatic rings. The first-order valence-corrected chi connectivity index (χ1v) is 15.5. The van der Waals surface area contributed by atoms with Crippen molar-refractivity contribution >= 4 is 53.8 Å². The largest absolute Gasteiger partial charge is 0.507 e. The van der Waals surface area contributed by atoms with Gasteiger partial charge in [0.25, 0.3) is 20.2 Å². The lowest BCUT2D eigenvalue weighted by molar-refractivity contribution is 0.471. The molecule has 5 N–H and O–H groups in total. The molecule has 5 aromatic rings. The molecule has 0 saturated carbocycles. The van der Waals surface area contributed by atoms with Crippen molar-refractivity contribution in [1.29, 1.82) is 0 Å². The smallest absolute Gasteiger partial charge is 0.294 e. The maximum Gasteiger partial charge on any atom is 0.294 e. The van der Waals surface area contributed by atoms with Gasteiger partial charge in [0.15, 0.2) is 5.36 Å². The highest BCUT2D eigenvalue weighted by atomic mass is 32.2. The summed E-state index contributed by atoms with van der Waals surface area (Å²) in [5.41, 5.74) is 3.52. The summed E-state index contributed by atoms with van der Waals surface area (Å²) < 4.78 is 66.3. The third-order valence-electron chi connectivity index (χ3n) is 6.13. The first-order chi connectivity index (χ1) is 21.3. The summed E-state index contributed by atoms with van der Waals surface area (Å²) in [6.45, 7) is 0. The predicted octanol–water partition coefficient (Wildman–Crippen LogP) is 2.91. The second kappa shape index (κ2) is 12.2. The van der Waals surface area contributed by atoms with Gasteiger partial charge in [0.05, 0.1) is 32.2 Å². The minimum Gasteiger partial charge on any atom is -0.507 e. The SMILES string of the molecule is O=c1c(N=Nc2cc(S(=O)(=O)O)cc3cc(S(=O)(=O)O)cc(O)c23)c/c(=N/Nc2ccccc2)c(=O)/c1=N/Nc1ccccc1. The molecule has 0 atom stereocenters. The maximum atomic E-state index is 13.3. The van der Waals surface area contributed by atoms with Gasteiger partial charge in [0.2, 0.25) is 10.9 Å². The predicted molar refractivity (Wildman–Crippen MR) is 162 cm³/mol. The Morgan fingerprint density at radius 2 is 1.11 bits per heavy atom. The number of nitrogens with one attached hydrogen (secondary N) is 2. The van der Waals surface area contributed by atoms with Crippen LogP contribution in [0.3, 0.4) is 0 Å². The Balaban J connectivity index is 1.72. The van der Waals surface area contributed by atoms with Crippen molar-refractivity contribution in [3.05, 3.63) is 122 Å². The molecule has 0 heterocycles. The third kappa shape index (κ3) is 6.97. The number of para-hydroxylation sites is 2. The highest BCUT2D eigenvalue weighted by Crippen LogP contribution is 2.38. The van der Waals surface area contributed by atoms with Gasteiger partial charge in [-0.05, 0) is 47.9 Å². The van der Waals surface area contributed by atoms with Gasteiger partial charge < -0.3 is 5.11 Å². The van der Waals surface area contributed by atoms with Crippen molar-refractivity contribution in [2.75, 3.05) is 10.9 Å². The summed E-state index contributed by atoms with van der Waals surface area (Å²) in [4.78, 5) is 25.0. The number of phenolic OH excluding ortho intramolecular Hbond substituents is 1. The van der Waals surface area contributed by atoms with Crippen LogP contribution in [0, 0.1) is 0 Å². The summed E-state index contributed by atoms with van der Waals surface area (Å²) in [5.74, 6) is -0.751. The fourth-order valence-electron chi connectivity index (χ4n) is 4.04. The van der Waals surface area contributed by atoms with Gasteiger partial charge in [0.1, 0.15) is 16.8 Å². The van der Waals surface area contributed by atoms with Gasteiger partial charge >= 0.3 is 0 Å². The number of rotatable bonds is 8. The Bertz CT molecular complexity index is 2420. The van der Waals surface area contributed by atoms with E-state index < -0.39 is 63.4 Å². The van der Waals surface area contributed by atoms with Crippen molar-refractivity contribution in [2.24, 2.45) is 20.4 Å². The molecule has 0 saturated heterocycles. The number of azo groups is 1. The molecule has 45 heavy (non-hydrogen) atoms. The number of nitrogens with zero attached hydrogens (tertiary/aromatic N) is 4. The number of anilines is 2. The van der Waals surface area contributed by atoms with Crippen LogP contribution in [0.2, 0.25) is 0 Å². The van der Waals surface area contributed by atoms with E-state index in [0.717, 1.165) is 24.3 Å². The molecule has 17 heteroatoms. The van der Waals surface area contributed by atoms with Crippen LogP contribution in [0.25, 0.3) is 10.8 Å². The van der Waals surface area contributed by atoms with Crippen LogP contribution in [0.15, 0.2) is 131 Å². The average molecular weight is 649 g/mol. The van der Waals surface area contributed by atoms with Crippen LogP contribution in [0.5, 0.6) is 5.75 Å². The normalized spacial score (nSPS) is 13.0. The number of fused-ring (bicyclic) bond motifs is 1. The second-order valence-corrected chi connectivity index (χ2v) is 12.1. The molecule has 0 aromatic heterocycles. The summed E-state index contributed by atoms with van der Waals surface area (Å²) in [6.07, 6.45) is 0. The van der Waals surface area contributed by atoms with Gasteiger partial charge in [-0.2, -0.15) is 27.0 Å². The first-order valence-electron chi connectivity index (χ1n) is 12.6. The van der Waals surface area contributed by atoms with E-state index in [9.17, 15) is 40.6 Å². The van der Waals surface area contributed by atoms with Gasteiger partial charge in [0, 0.05) is 12.1 Å². The van der Waals surface area contributed by atoms with Gasteiger partial charge in [-0.3, -0.25) is 29.5 Å². The van der Waals surface area contributed by atoms with Crippen LogP contribution in [-0.4, -0.2) is 31.0 Å². The molecule has 0 aliphatic heterocycles. The molecule has 5 aromatic carbocycles. The lowest BCUT2D eigenvalue weighted by Gasteiger charge is -2.09. The summed E-state index contributed by atoms with van der Waals surface area (Å²) in [6, 6.07) is 21.2. The first kappa shape index (κ1) is 30.8. The highest BCUT2D eigenvalue weighted by molar-refractivity contribution is 7.86. The standard InChI is InChI=1S/C28H20N6O9S2/c35-24-14-20(45(41,42)43)12-16-11-19(44(38,39)40)13-21(25(16)24)31-33-23-15-22(32-29-17-7-3-1-4-8-17)27(36)26(28(23)37)34-30-18-9-5-2-6-10-18/h1-15,29-30,35H,(H,38,39,40)(H,41,42,43)/b32-22-,33-31?,34-26-. The Kier molecular flexibility index (Phi) is 8.34. The Morgan fingerprint density at radius 3 is 1.67 bits per heavy atom. The van der Waals surface area contributed by atoms with Crippen molar-refractivity contribution in [3.8, 4) is 5.75 Å². The number of aromatic hydroxyl groups is 1. The van der Waals surface area contributed by atoms with Crippen molar-refractivity contribution < 1.29 is 31.0 Å². The second-order valence-electron chi connectivity index (χ2n) is 9.23. The third-order valence-corrected chi connectivity index (χ3v) is 7.80. The minimum absolute atomic E-state index is 0.238. The molecule has 0 bridgehead atoms. The van der Waals surface area contributed by atoms with E-state index in [4.69, 9.17) is 0 Å². The molecule has 228 valence electrons. The number of hydrogen-bond acceptors (Lipinski definition) is 13. The van der Waals surface area contributed by atoms with E-state index in [-0.39, 0.29) is 16.1 Å². The summed E-state index contributed by atoms with van der Waals surface area (Å²) in [5, 5.41) is 25.0. The van der Waals surface area contributed by atoms with E-state index in [0.29, 0.717) is 17.4 Å². The molecule has 5 rings (SSSR count). The number of hydrogen-bond donors (Lipinski definition) is 5. The summed E-state index contributed by atoms with van der Waals surface area (Å²) in [7, 11) is -9.73. The van der Waals surface area contributed by atoms with E-state index in [1.54, 1.807) is 60.7 Å². The monoisotopic (exact) mass is 648 g/mol. The Hall–Kier alpha value is -5.62. The number of benzene rings is 5. The molecular weight excluding hydrogens is 628 g/mol. The van der Waals surface area contributed by atoms with Gasteiger partial charge in [-0.25, -0.2) is 0 Å². The molecule has 15 nitrogen and oxygen atoms in total. The minimum atomic E-state index is -4.90. The fraction of sp³-hybridized carbons (Fsp3) is 0. The molecule has 0 unspecified atom stereocenters. The molecule has 0 fully saturated rings. The zero-order valence-electron chi connectivity index (χ0n) is 22.6. The maximum absolute atomic E-state index is 13.3. The van der Waals surface area contributed by atoms with Gasteiger partial charge in [-0.1, -0.05) is 36.4 Å². The molecule has 0 amide bonds. The van der Waals surface area contributed by atoms with Crippen LogP contribution < -0.4 is 32.4 Å². The van der Waals surface area contributed by atoms with Gasteiger partial charge in [-0.15, -0.1) is 10.2 Å². The van der Waals surface area contributed by atoms with Crippen LogP contribution in [0.4, 0.5) is 22.7 Å².